The molecule has 0 amide bonds. The Morgan fingerprint density at radius 1 is 1.21 bits per heavy atom. The van der Waals surface area contributed by atoms with Crippen molar-refractivity contribution in [3.05, 3.63) is 30.3 Å². The van der Waals surface area contributed by atoms with E-state index in [9.17, 15) is 0 Å². The van der Waals surface area contributed by atoms with Crippen molar-refractivity contribution in [1.82, 2.24) is 0 Å². The van der Waals surface area contributed by atoms with Crippen LogP contribution in [0, 0.1) is 5.92 Å². The Bertz CT molecular complexity index is 391. The number of allylic oxidation sites excluding steroid dienone is 1. The zero-order chi connectivity index (χ0) is 9.54. The Kier molecular flexibility index (Phi) is 1.57. The first-order chi connectivity index (χ1) is 6.84. The van der Waals surface area contributed by atoms with Gasteiger partial charge < -0.3 is 9.47 Å². The fraction of sp³-hybridized carbons (Fsp3) is 0.333. The summed E-state index contributed by atoms with van der Waals surface area (Å²) in [6, 6.07) is 6.06. The summed E-state index contributed by atoms with van der Waals surface area (Å²) in [4.78, 5) is 0. The number of fused-ring (bicyclic) bond motifs is 1. The molecule has 1 aliphatic heterocycles. The molecule has 3 rings (SSSR count). The molecule has 0 saturated heterocycles. The van der Waals surface area contributed by atoms with E-state index in [1.165, 1.54) is 24.0 Å². The summed E-state index contributed by atoms with van der Waals surface area (Å²) < 4.78 is 10.6. The molecule has 0 bridgehead atoms. The minimum absolute atomic E-state index is 0.342. The maximum Gasteiger partial charge on any atom is 0.231 e. The fourth-order valence-electron chi connectivity index (χ4n) is 1.76. The van der Waals surface area contributed by atoms with Crippen LogP contribution in [0.3, 0.4) is 0 Å². The lowest BCUT2D eigenvalue weighted by atomic mass is 10.0. The molecule has 0 spiro atoms. The van der Waals surface area contributed by atoms with Crippen LogP contribution in [-0.2, 0) is 0 Å². The van der Waals surface area contributed by atoms with Crippen molar-refractivity contribution in [2.45, 2.75) is 12.8 Å². The Morgan fingerprint density at radius 3 is 2.79 bits per heavy atom. The SMILES string of the molecule is C=C(c1ccc2c(c1)OCO2)C1CC1. The Morgan fingerprint density at radius 2 is 2.00 bits per heavy atom. The standard InChI is InChI=1S/C12H12O2/c1-8(9-2-3-9)10-4-5-11-12(6-10)14-7-13-11/h4-6,9H,1-3,7H2. The van der Waals surface area contributed by atoms with Gasteiger partial charge in [0.1, 0.15) is 0 Å². The van der Waals surface area contributed by atoms with E-state index in [0.717, 1.165) is 11.5 Å². The highest BCUT2D eigenvalue weighted by Crippen LogP contribution is 2.43. The molecule has 0 unspecified atom stereocenters. The molecular formula is C12H12O2. The number of ether oxygens (including phenoxy) is 2. The Labute approximate surface area is 83.1 Å². The summed E-state index contributed by atoms with van der Waals surface area (Å²) in [5.74, 6) is 2.40. The van der Waals surface area contributed by atoms with Crippen molar-refractivity contribution < 1.29 is 9.47 Å². The maximum atomic E-state index is 5.33. The second-order valence-corrected chi connectivity index (χ2v) is 3.87. The molecule has 1 heterocycles. The van der Waals surface area contributed by atoms with Crippen LogP contribution in [0.5, 0.6) is 11.5 Å². The molecule has 1 fully saturated rings. The molecule has 1 aromatic carbocycles. The minimum Gasteiger partial charge on any atom is -0.454 e. The molecule has 0 aromatic heterocycles. The van der Waals surface area contributed by atoms with Gasteiger partial charge in [0.25, 0.3) is 0 Å². The monoisotopic (exact) mass is 188 g/mol. The normalized spacial score (nSPS) is 18.3. The molecule has 2 heteroatoms. The van der Waals surface area contributed by atoms with Gasteiger partial charge in [-0.1, -0.05) is 12.6 Å². The molecule has 0 atom stereocenters. The first-order valence-electron chi connectivity index (χ1n) is 4.93. The summed E-state index contributed by atoms with van der Waals surface area (Å²) >= 11 is 0. The molecule has 2 aliphatic rings. The molecule has 1 aromatic rings. The van der Waals surface area contributed by atoms with Gasteiger partial charge in [0.15, 0.2) is 11.5 Å². The van der Waals surface area contributed by atoms with Crippen LogP contribution in [0.2, 0.25) is 0 Å². The topological polar surface area (TPSA) is 18.5 Å². The van der Waals surface area contributed by atoms with Crippen molar-refractivity contribution in [2.24, 2.45) is 5.92 Å². The second-order valence-electron chi connectivity index (χ2n) is 3.87. The summed E-state index contributed by atoms with van der Waals surface area (Å²) in [6.45, 7) is 4.46. The van der Waals surface area contributed by atoms with Gasteiger partial charge in [-0.3, -0.25) is 0 Å². The quantitative estimate of drug-likeness (QED) is 0.710. The van der Waals surface area contributed by atoms with Crippen molar-refractivity contribution >= 4 is 5.57 Å². The van der Waals surface area contributed by atoms with Crippen molar-refractivity contribution in [2.75, 3.05) is 6.79 Å². The van der Waals surface area contributed by atoms with Crippen LogP contribution in [-0.4, -0.2) is 6.79 Å². The summed E-state index contributed by atoms with van der Waals surface area (Å²) in [6.07, 6.45) is 2.57. The summed E-state index contributed by atoms with van der Waals surface area (Å²) in [5, 5.41) is 0. The average molecular weight is 188 g/mol. The second kappa shape index (κ2) is 2.77. The highest BCUT2D eigenvalue weighted by atomic mass is 16.7. The number of hydrogen-bond acceptors (Lipinski definition) is 2. The number of rotatable bonds is 2. The van der Waals surface area contributed by atoms with Crippen LogP contribution in [0.4, 0.5) is 0 Å². The van der Waals surface area contributed by atoms with Gasteiger partial charge in [0, 0.05) is 0 Å². The van der Waals surface area contributed by atoms with Crippen LogP contribution in [0.25, 0.3) is 5.57 Å². The van der Waals surface area contributed by atoms with E-state index in [-0.39, 0.29) is 0 Å². The van der Waals surface area contributed by atoms with Gasteiger partial charge in [0.2, 0.25) is 6.79 Å². The van der Waals surface area contributed by atoms with Crippen LogP contribution in [0.15, 0.2) is 24.8 Å². The van der Waals surface area contributed by atoms with E-state index in [0.29, 0.717) is 12.7 Å². The molecule has 0 radical (unpaired) electrons. The number of hydrogen-bond donors (Lipinski definition) is 0. The van der Waals surface area contributed by atoms with Crippen molar-refractivity contribution in [3.63, 3.8) is 0 Å². The zero-order valence-electron chi connectivity index (χ0n) is 7.95. The third-order valence-electron chi connectivity index (χ3n) is 2.81. The lowest BCUT2D eigenvalue weighted by molar-refractivity contribution is 0.174. The molecule has 14 heavy (non-hydrogen) atoms. The van der Waals surface area contributed by atoms with Crippen LogP contribution < -0.4 is 9.47 Å². The predicted molar refractivity (Wildman–Crippen MR) is 54.3 cm³/mol. The largest absolute Gasteiger partial charge is 0.454 e. The molecule has 1 saturated carbocycles. The Hall–Kier alpha value is -1.44. The third kappa shape index (κ3) is 1.18. The van der Waals surface area contributed by atoms with Gasteiger partial charge >= 0.3 is 0 Å². The average Bonchev–Trinajstić information content (AvgIpc) is 2.95. The van der Waals surface area contributed by atoms with E-state index in [1.54, 1.807) is 0 Å². The highest BCUT2D eigenvalue weighted by Gasteiger charge is 2.26. The zero-order valence-corrected chi connectivity index (χ0v) is 7.95. The van der Waals surface area contributed by atoms with E-state index >= 15 is 0 Å². The lowest BCUT2D eigenvalue weighted by Gasteiger charge is -2.04. The van der Waals surface area contributed by atoms with Gasteiger partial charge in [-0.05, 0) is 42.0 Å². The van der Waals surface area contributed by atoms with Gasteiger partial charge in [-0.25, -0.2) is 0 Å². The van der Waals surface area contributed by atoms with E-state index in [1.807, 2.05) is 12.1 Å². The fourth-order valence-corrected chi connectivity index (χ4v) is 1.76. The van der Waals surface area contributed by atoms with Crippen LogP contribution >= 0.6 is 0 Å². The lowest BCUT2D eigenvalue weighted by Crippen LogP contribution is -1.92. The van der Waals surface area contributed by atoms with Gasteiger partial charge in [-0.2, -0.15) is 0 Å². The van der Waals surface area contributed by atoms with Crippen molar-refractivity contribution in [3.8, 4) is 11.5 Å². The highest BCUT2D eigenvalue weighted by molar-refractivity contribution is 5.69. The Balaban J connectivity index is 1.95. The molecule has 2 nitrogen and oxygen atoms in total. The molecule has 72 valence electrons. The van der Waals surface area contributed by atoms with Crippen LogP contribution in [0.1, 0.15) is 18.4 Å². The summed E-state index contributed by atoms with van der Waals surface area (Å²) in [7, 11) is 0. The maximum absolute atomic E-state index is 5.33. The first-order valence-corrected chi connectivity index (χ1v) is 4.93. The van der Waals surface area contributed by atoms with Gasteiger partial charge in [0.05, 0.1) is 0 Å². The van der Waals surface area contributed by atoms with E-state index < -0.39 is 0 Å². The van der Waals surface area contributed by atoms with Crippen molar-refractivity contribution in [1.29, 1.82) is 0 Å². The predicted octanol–water partition coefficient (Wildman–Crippen LogP) is 2.84. The third-order valence-corrected chi connectivity index (χ3v) is 2.81. The van der Waals surface area contributed by atoms with E-state index in [4.69, 9.17) is 9.47 Å². The molecule has 1 aliphatic carbocycles. The smallest absolute Gasteiger partial charge is 0.231 e. The molecular weight excluding hydrogens is 176 g/mol. The minimum atomic E-state index is 0.342. The first kappa shape index (κ1) is 7.92. The number of benzene rings is 1. The van der Waals surface area contributed by atoms with E-state index in [2.05, 4.69) is 12.6 Å². The van der Waals surface area contributed by atoms with Gasteiger partial charge in [-0.15, -0.1) is 0 Å². The molecule has 0 N–H and O–H groups in total. The summed E-state index contributed by atoms with van der Waals surface area (Å²) in [5.41, 5.74) is 2.43.